The predicted octanol–water partition coefficient (Wildman–Crippen LogP) is 1.92. The van der Waals surface area contributed by atoms with Gasteiger partial charge in [-0.05, 0) is 32.9 Å². The molecular formula is C14H19NO4. The van der Waals surface area contributed by atoms with Gasteiger partial charge in [0.2, 0.25) is 0 Å². The second kappa shape index (κ2) is 6.78. The molecule has 19 heavy (non-hydrogen) atoms. The average molecular weight is 265 g/mol. The fourth-order valence-electron chi connectivity index (χ4n) is 1.56. The van der Waals surface area contributed by atoms with Crippen molar-refractivity contribution in [3.8, 4) is 5.75 Å². The number of para-hydroxylation sites is 1. The van der Waals surface area contributed by atoms with Crippen LogP contribution in [0.4, 0.5) is 0 Å². The minimum Gasteiger partial charge on any atom is -0.493 e. The highest BCUT2D eigenvalue weighted by Crippen LogP contribution is 2.18. The number of benzene rings is 1. The van der Waals surface area contributed by atoms with Gasteiger partial charge in [0.25, 0.3) is 5.91 Å². The number of carboxylic acids is 1. The van der Waals surface area contributed by atoms with Crippen LogP contribution in [0.15, 0.2) is 24.3 Å². The van der Waals surface area contributed by atoms with E-state index in [9.17, 15) is 9.59 Å². The second-order valence-electron chi connectivity index (χ2n) is 4.32. The summed E-state index contributed by atoms with van der Waals surface area (Å²) in [7, 11) is 0. The van der Waals surface area contributed by atoms with Crippen molar-refractivity contribution in [3.63, 3.8) is 0 Å². The van der Waals surface area contributed by atoms with E-state index < -0.39 is 17.9 Å². The van der Waals surface area contributed by atoms with Gasteiger partial charge in [0.05, 0.1) is 18.1 Å². The van der Waals surface area contributed by atoms with Crippen molar-refractivity contribution in [2.24, 2.45) is 5.92 Å². The summed E-state index contributed by atoms with van der Waals surface area (Å²) in [6, 6.07) is 6.43. The van der Waals surface area contributed by atoms with Gasteiger partial charge in [-0.3, -0.25) is 9.59 Å². The molecule has 104 valence electrons. The van der Waals surface area contributed by atoms with E-state index in [1.807, 2.05) is 6.92 Å². The van der Waals surface area contributed by atoms with E-state index in [-0.39, 0.29) is 5.91 Å². The molecule has 0 aliphatic carbocycles. The summed E-state index contributed by atoms with van der Waals surface area (Å²) in [6.45, 7) is 5.52. The summed E-state index contributed by atoms with van der Waals surface area (Å²) >= 11 is 0. The van der Waals surface area contributed by atoms with Crippen molar-refractivity contribution in [2.75, 3.05) is 6.61 Å². The summed E-state index contributed by atoms with van der Waals surface area (Å²) in [6.07, 6.45) is 0. The van der Waals surface area contributed by atoms with E-state index in [1.165, 1.54) is 0 Å². The first-order chi connectivity index (χ1) is 8.97. The third kappa shape index (κ3) is 3.98. The van der Waals surface area contributed by atoms with Gasteiger partial charge in [0.15, 0.2) is 0 Å². The van der Waals surface area contributed by atoms with Crippen LogP contribution in [0, 0.1) is 5.92 Å². The molecule has 0 saturated carbocycles. The maximum absolute atomic E-state index is 12.1. The molecule has 0 spiro atoms. The zero-order chi connectivity index (χ0) is 14.4. The summed E-state index contributed by atoms with van der Waals surface area (Å²) in [5.74, 6) is -1.42. The number of hydrogen-bond acceptors (Lipinski definition) is 3. The summed E-state index contributed by atoms with van der Waals surface area (Å²) in [4.78, 5) is 22.9. The Kier molecular flexibility index (Phi) is 5.36. The third-order valence-electron chi connectivity index (χ3n) is 2.93. The number of nitrogens with one attached hydrogen (secondary N) is 1. The molecule has 1 aromatic rings. The van der Waals surface area contributed by atoms with Crippen LogP contribution in [0.3, 0.4) is 0 Å². The Hall–Kier alpha value is -2.04. The van der Waals surface area contributed by atoms with Crippen LogP contribution in [0.2, 0.25) is 0 Å². The van der Waals surface area contributed by atoms with Crippen LogP contribution in [0.5, 0.6) is 5.75 Å². The number of ether oxygens (including phenoxy) is 1. The van der Waals surface area contributed by atoms with Gasteiger partial charge in [0, 0.05) is 6.04 Å². The van der Waals surface area contributed by atoms with E-state index in [0.29, 0.717) is 17.9 Å². The third-order valence-corrected chi connectivity index (χ3v) is 2.93. The lowest BCUT2D eigenvalue weighted by atomic mass is 10.0. The van der Waals surface area contributed by atoms with Crippen LogP contribution in [0.25, 0.3) is 0 Å². The van der Waals surface area contributed by atoms with Crippen molar-refractivity contribution in [2.45, 2.75) is 26.8 Å². The first-order valence-electron chi connectivity index (χ1n) is 6.22. The molecule has 2 unspecified atom stereocenters. The average Bonchev–Trinajstić information content (AvgIpc) is 2.38. The Morgan fingerprint density at radius 1 is 1.32 bits per heavy atom. The Morgan fingerprint density at radius 3 is 2.53 bits per heavy atom. The van der Waals surface area contributed by atoms with Crippen molar-refractivity contribution >= 4 is 11.9 Å². The smallest absolute Gasteiger partial charge is 0.308 e. The van der Waals surface area contributed by atoms with Crippen molar-refractivity contribution < 1.29 is 19.4 Å². The van der Waals surface area contributed by atoms with Gasteiger partial charge in [-0.1, -0.05) is 12.1 Å². The maximum Gasteiger partial charge on any atom is 0.308 e. The number of aliphatic carboxylic acids is 1. The molecule has 5 heteroatoms. The molecule has 1 amide bonds. The quantitative estimate of drug-likeness (QED) is 0.824. The van der Waals surface area contributed by atoms with Gasteiger partial charge in [-0.2, -0.15) is 0 Å². The molecule has 5 nitrogen and oxygen atoms in total. The molecule has 1 rings (SSSR count). The van der Waals surface area contributed by atoms with Crippen LogP contribution >= 0.6 is 0 Å². The van der Waals surface area contributed by atoms with Crippen LogP contribution < -0.4 is 10.1 Å². The highest BCUT2D eigenvalue weighted by atomic mass is 16.5. The van der Waals surface area contributed by atoms with Gasteiger partial charge in [-0.15, -0.1) is 0 Å². The number of hydrogen-bond donors (Lipinski definition) is 2. The van der Waals surface area contributed by atoms with Crippen molar-refractivity contribution in [3.05, 3.63) is 29.8 Å². The number of carboxylic acid groups (broad SMARTS) is 1. The predicted molar refractivity (Wildman–Crippen MR) is 71.3 cm³/mol. The molecule has 0 aromatic heterocycles. The van der Waals surface area contributed by atoms with Gasteiger partial charge < -0.3 is 15.2 Å². The van der Waals surface area contributed by atoms with Crippen molar-refractivity contribution in [1.82, 2.24) is 5.32 Å². The van der Waals surface area contributed by atoms with E-state index >= 15 is 0 Å². The minimum atomic E-state index is -0.939. The Labute approximate surface area is 112 Å². The van der Waals surface area contributed by atoms with Crippen molar-refractivity contribution in [1.29, 1.82) is 0 Å². The standard InChI is InChI=1S/C14H19NO4/c1-4-19-12-8-6-5-7-11(12)13(16)15-10(3)9(2)14(17)18/h5-10H,4H2,1-3H3,(H,15,16)(H,17,18). The van der Waals surface area contributed by atoms with E-state index in [2.05, 4.69) is 5.32 Å². The van der Waals surface area contributed by atoms with Gasteiger partial charge in [0.1, 0.15) is 5.75 Å². The zero-order valence-electron chi connectivity index (χ0n) is 11.3. The minimum absolute atomic E-state index is 0.329. The number of amides is 1. The summed E-state index contributed by atoms with van der Waals surface area (Å²) in [5, 5.41) is 11.6. The van der Waals surface area contributed by atoms with Crippen LogP contribution in [0.1, 0.15) is 31.1 Å². The Morgan fingerprint density at radius 2 is 1.95 bits per heavy atom. The molecule has 2 N–H and O–H groups in total. The summed E-state index contributed by atoms with van der Waals surface area (Å²) in [5.41, 5.74) is 0.411. The molecule has 0 bridgehead atoms. The Bertz CT molecular complexity index is 459. The largest absolute Gasteiger partial charge is 0.493 e. The normalized spacial score (nSPS) is 13.4. The monoisotopic (exact) mass is 265 g/mol. The van der Waals surface area contributed by atoms with Gasteiger partial charge >= 0.3 is 5.97 Å². The number of rotatable bonds is 6. The lowest BCUT2D eigenvalue weighted by Gasteiger charge is -2.18. The molecular weight excluding hydrogens is 246 g/mol. The Balaban J connectivity index is 2.81. The van der Waals surface area contributed by atoms with Gasteiger partial charge in [-0.25, -0.2) is 0 Å². The lowest BCUT2D eigenvalue weighted by molar-refractivity contribution is -0.141. The number of carbonyl (C=O) groups excluding carboxylic acids is 1. The SMILES string of the molecule is CCOc1ccccc1C(=O)NC(C)C(C)C(=O)O. The topological polar surface area (TPSA) is 75.6 Å². The molecule has 0 radical (unpaired) electrons. The fraction of sp³-hybridized carbons (Fsp3) is 0.429. The highest BCUT2D eigenvalue weighted by Gasteiger charge is 2.22. The number of carbonyl (C=O) groups is 2. The molecule has 0 fully saturated rings. The molecule has 2 atom stereocenters. The maximum atomic E-state index is 12.1. The first-order valence-corrected chi connectivity index (χ1v) is 6.22. The molecule has 0 saturated heterocycles. The lowest BCUT2D eigenvalue weighted by Crippen LogP contribution is -2.40. The van der Waals surface area contributed by atoms with Crippen LogP contribution in [-0.4, -0.2) is 29.6 Å². The van der Waals surface area contributed by atoms with E-state index in [1.54, 1.807) is 38.1 Å². The van der Waals surface area contributed by atoms with E-state index in [4.69, 9.17) is 9.84 Å². The first kappa shape index (κ1) is 15.0. The van der Waals surface area contributed by atoms with Crippen LogP contribution in [-0.2, 0) is 4.79 Å². The molecule has 0 aliphatic rings. The summed E-state index contributed by atoms with van der Waals surface area (Å²) < 4.78 is 5.37. The fourth-order valence-corrected chi connectivity index (χ4v) is 1.56. The molecule has 0 heterocycles. The zero-order valence-corrected chi connectivity index (χ0v) is 11.3. The molecule has 0 aliphatic heterocycles. The second-order valence-corrected chi connectivity index (χ2v) is 4.32. The van der Waals surface area contributed by atoms with E-state index in [0.717, 1.165) is 0 Å². The highest BCUT2D eigenvalue weighted by molar-refractivity contribution is 5.97. The molecule has 1 aromatic carbocycles.